The molecule has 21 heavy (non-hydrogen) atoms. The highest BCUT2D eigenvalue weighted by molar-refractivity contribution is 6.00. The highest BCUT2D eigenvalue weighted by atomic mass is 16.5. The van der Waals surface area contributed by atoms with E-state index in [0.29, 0.717) is 0 Å². The number of nitrogens with one attached hydrogen (secondary N) is 1. The van der Waals surface area contributed by atoms with Crippen LogP contribution in [0, 0.1) is 0 Å². The lowest BCUT2D eigenvalue weighted by atomic mass is 10.00. The Labute approximate surface area is 127 Å². The van der Waals surface area contributed by atoms with Gasteiger partial charge in [-0.1, -0.05) is 6.92 Å². The average Bonchev–Trinajstić information content (AvgIpc) is 2.49. The number of benzene rings is 1. The number of carbonyl (C=O) groups is 1. The summed E-state index contributed by atoms with van der Waals surface area (Å²) in [6, 6.07) is 7.52. The fraction of sp³-hybridized carbons (Fsp3) is 0.588. The third-order valence-corrected chi connectivity index (χ3v) is 3.79. The molecule has 116 valence electrons. The van der Waals surface area contributed by atoms with Crippen molar-refractivity contribution in [2.75, 3.05) is 26.2 Å². The number of ketones is 1. The molecule has 0 aromatic heterocycles. The number of carbonyl (C=O) groups excluding carboxylic acids is 1. The number of ether oxygens (including phenoxy) is 1. The van der Waals surface area contributed by atoms with Crippen molar-refractivity contribution in [3.05, 3.63) is 29.8 Å². The van der Waals surface area contributed by atoms with Crippen LogP contribution in [-0.2, 0) is 0 Å². The molecule has 4 nitrogen and oxygen atoms in total. The Morgan fingerprint density at radius 3 is 2.38 bits per heavy atom. The molecule has 1 atom stereocenters. The first-order chi connectivity index (χ1) is 10.1. The van der Waals surface area contributed by atoms with Gasteiger partial charge in [0.05, 0.1) is 12.1 Å². The maximum atomic E-state index is 12.7. The molecule has 1 fully saturated rings. The van der Waals surface area contributed by atoms with Gasteiger partial charge in [0.15, 0.2) is 5.78 Å². The summed E-state index contributed by atoms with van der Waals surface area (Å²) in [6.07, 6.45) is 0.999. The molecule has 1 N–H and O–H groups in total. The van der Waals surface area contributed by atoms with Crippen LogP contribution in [-0.4, -0.2) is 49.0 Å². The van der Waals surface area contributed by atoms with Crippen molar-refractivity contribution < 1.29 is 9.53 Å². The molecule has 0 aliphatic carbocycles. The summed E-state index contributed by atoms with van der Waals surface area (Å²) in [4.78, 5) is 15.0. The Hall–Kier alpha value is -1.39. The lowest BCUT2D eigenvalue weighted by molar-refractivity contribution is 0.0790. The zero-order chi connectivity index (χ0) is 15.2. The largest absolute Gasteiger partial charge is 0.491 e. The number of hydrogen-bond donors (Lipinski definition) is 1. The van der Waals surface area contributed by atoms with E-state index in [1.807, 2.05) is 38.1 Å². The van der Waals surface area contributed by atoms with Gasteiger partial charge in [-0.05, 0) is 44.5 Å². The highest BCUT2D eigenvalue weighted by Crippen LogP contribution is 2.18. The maximum absolute atomic E-state index is 12.7. The first-order valence-electron chi connectivity index (χ1n) is 7.87. The summed E-state index contributed by atoms with van der Waals surface area (Å²) >= 11 is 0. The van der Waals surface area contributed by atoms with Crippen molar-refractivity contribution in [1.29, 1.82) is 0 Å². The van der Waals surface area contributed by atoms with Gasteiger partial charge in [0.2, 0.25) is 0 Å². The zero-order valence-electron chi connectivity index (χ0n) is 13.3. The highest BCUT2D eigenvalue weighted by Gasteiger charge is 2.26. The van der Waals surface area contributed by atoms with E-state index in [4.69, 9.17) is 4.74 Å². The fourth-order valence-corrected chi connectivity index (χ4v) is 2.77. The Balaban J connectivity index is 2.06. The van der Waals surface area contributed by atoms with Crippen LogP contribution in [0.3, 0.4) is 0 Å². The van der Waals surface area contributed by atoms with Crippen LogP contribution in [0.25, 0.3) is 0 Å². The molecule has 0 radical (unpaired) electrons. The van der Waals surface area contributed by atoms with Crippen LogP contribution in [0.4, 0.5) is 0 Å². The monoisotopic (exact) mass is 290 g/mol. The Kier molecular flexibility index (Phi) is 5.76. The SMILES string of the molecule is CCC(C(=O)c1ccc(OC(C)C)cc1)N1CCNCC1. The second kappa shape index (κ2) is 7.57. The first kappa shape index (κ1) is 16.0. The summed E-state index contributed by atoms with van der Waals surface area (Å²) in [5, 5.41) is 3.33. The van der Waals surface area contributed by atoms with Crippen LogP contribution in [0.15, 0.2) is 24.3 Å². The quantitative estimate of drug-likeness (QED) is 0.817. The summed E-state index contributed by atoms with van der Waals surface area (Å²) < 4.78 is 5.62. The summed E-state index contributed by atoms with van der Waals surface area (Å²) in [5.41, 5.74) is 0.775. The smallest absolute Gasteiger partial charge is 0.179 e. The maximum Gasteiger partial charge on any atom is 0.179 e. The van der Waals surface area contributed by atoms with E-state index in [-0.39, 0.29) is 17.9 Å². The third kappa shape index (κ3) is 4.29. The molecular weight excluding hydrogens is 264 g/mol. The predicted octanol–water partition coefficient (Wildman–Crippen LogP) is 2.34. The van der Waals surface area contributed by atoms with E-state index < -0.39 is 0 Å². The van der Waals surface area contributed by atoms with Crippen molar-refractivity contribution in [2.24, 2.45) is 0 Å². The van der Waals surface area contributed by atoms with Crippen LogP contribution < -0.4 is 10.1 Å². The minimum absolute atomic E-state index is 0.0102. The van der Waals surface area contributed by atoms with E-state index >= 15 is 0 Å². The van der Waals surface area contributed by atoms with Gasteiger partial charge in [-0.3, -0.25) is 9.69 Å². The van der Waals surface area contributed by atoms with E-state index in [1.165, 1.54) is 0 Å². The molecule has 1 aliphatic rings. The number of hydrogen-bond acceptors (Lipinski definition) is 4. The van der Waals surface area contributed by atoms with Crippen molar-refractivity contribution >= 4 is 5.78 Å². The Morgan fingerprint density at radius 2 is 1.86 bits per heavy atom. The van der Waals surface area contributed by atoms with E-state index in [1.54, 1.807) is 0 Å². The van der Waals surface area contributed by atoms with Crippen molar-refractivity contribution in [3.8, 4) is 5.75 Å². The topological polar surface area (TPSA) is 41.6 Å². The number of Topliss-reactive ketones (excluding diaryl/α,β-unsaturated/α-hetero) is 1. The third-order valence-electron chi connectivity index (χ3n) is 3.79. The first-order valence-corrected chi connectivity index (χ1v) is 7.87. The minimum Gasteiger partial charge on any atom is -0.491 e. The van der Waals surface area contributed by atoms with Gasteiger partial charge in [-0.25, -0.2) is 0 Å². The van der Waals surface area contributed by atoms with Gasteiger partial charge >= 0.3 is 0 Å². The summed E-state index contributed by atoms with van der Waals surface area (Å²) in [7, 11) is 0. The summed E-state index contributed by atoms with van der Waals surface area (Å²) in [6.45, 7) is 9.89. The second-order valence-electron chi connectivity index (χ2n) is 5.77. The molecule has 1 saturated heterocycles. The van der Waals surface area contributed by atoms with Crippen LogP contribution in [0.2, 0.25) is 0 Å². The van der Waals surface area contributed by atoms with Crippen molar-refractivity contribution in [3.63, 3.8) is 0 Å². The standard InChI is InChI=1S/C17H26N2O2/c1-4-16(19-11-9-18-10-12-19)17(20)14-5-7-15(8-6-14)21-13(2)3/h5-8,13,16,18H,4,9-12H2,1-3H3. The fourth-order valence-electron chi connectivity index (χ4n) is 2.77. The Morgan fingerprint density at radius 1 is 1.24 bits per heavy atom. The van der Waals surface area contributed by atoms with Crippen LogP contribution in [0.5, 0.6) is 5.75 Å². The number of piperazine rings is 1. The van der Waals surface area contributed by atoms with Crippen molar-refractivity contribution in [2.45, 2.75) is 39.3 Å². The Bertz CT molecular complexity index is 450. The van der Waals surface area contributed by atoms with Gasteiger partial charge in [0.1, 0.15) is 5.75 Å². The molecule has 1 aromatic rings. The van der Waals surface area contributed by atoms with Crippen LogP contribution >= 0.6 is 0 Å². The normalized spacial score (nSPS) is 17.7. The molecule has 0 amide bonds. The van der Waals surface area contributed by atoms with Crippen LogP contribution in [0.1, 0.15) is 37.6 Å². The molecule has 1 aromatic carbocycles. The second-order valence-corrected chi connectivity index (χ2v) is 5.77. The average molecular weight is 290 g/mol. The predicted molar refractivity (Wildman–Crippen MR) is 85.1 cm³/mol. The molecule has 1 aliphatic heterocycles. The molecular formula is C17H26N2O2. The zero-order valence-corrected chi connectivity index (χ0v) is 13.3. The molecule has 0 bridgehead atoms. The van der Waals surface area contributed by atoms with Crippen molar-refractivity contribution in [1.82, 2.24) is 10.2 Å². The number of nitrogens with zero attached hydrogens (tertiary/aromatic N) is 1. The molecule has 4 heteroatoms. The molecule has 1 heterocycles. The number of rotatable bonds is 6. The van der Waals surface area contributed by atoms with E-state index in [9.17, 15) is 4.79 Å². The van der Waals surface area contributed by atoms with Gasteiger partial charge in [-0.2, -0.15) is 0 Å². The summed E-state index contributed by atoms with van der Waals surface area (Å²) in [5.74, 6) is 1.03. The van der Waals surface area contributed by atoms with Gasteiger partial charge < -0.3 is 10.1 Å². The van der Waals surface area contributed by atoms with Gasteiger partial charge in [0.25, 0.3) is 0 Å². The minimum atomic E-state index is -0.0102. The van der Waals surface area contributed by atoms with Gasteiger partial charge in [0, 0.05) is 31.7 Å². The molecule has 0 spiro atoms. The molecule has 1 unspecified atom stereocenters. The molecule has 0 saturated carbocycles. The van der Waals surface area contributed by atoms with Gasteiger partial charge in [-0.15, -0.1) is 0 Å². The van der Waals surface area contributed by atoms with E-state index in [0.717, 1.165) is 43.9 Å². The lowest BCUT2D eigenvalue weighted by Gasteiger charge is -2.33. The molecule has 2 rings (SSSR count). The lowest BCUT2D eigenvalue weighted by Crippen LogP contribution is -2.51. The van der Waals surface area contributed by atoms with E-state index in [2.05, 4.69) is 17.1 Å².